The maximum atomic E-state index is 13.4. The molecule has 31 heavy (non-hydrogen) atoms. The molecule has 1 amide bonds. The zero-order valence-corrected chi connectivity index (χ0v) is 17.4. The summed E-state index contributed by atoms with van der Waals surface area (Å²) in [5, 5.41) is 4.27. The third-order valence-electron chi connectivity index (χ3n) is 6.69. The molecule has 0 N–H and O–H groups in total. The molecule has 10 heteroatoms. The number of alkyl halides is 3. The molecule has 5 rings (SSSR count). The Morgan fingerprint density at radius 1 is 1.23 bits per heavy atom. The Balaban J connectivity index is 1.44. The summed E-state index contributed by atoms with van der Waals surface area (Å²) >= 11 is 0. The van der Waals surface area contributed by atoms with E-state index in [2.05, 4.69) is 5.10 Å². The number of aryl methyl sites for hydroxylation is 3. The fourth-order valence-corrected chi connectivity index (χ4v) is 5.21. The minimum Gasteiger partial charge on any atom is -0.349 e. The van der Waals surface area contributed by atoms with Crippen molar-refractivity contribution in [2.24, 2.45) is 20.0 Å². The second-order valence-corrected chi connectivity index (χ2v) is 8.89. The van der Waals surface area contributed by atoms with Crippen LogP contribution in [-0.2, 0) is 26.1 Å². The SMILES string of the molecule is Cc1cn(C)c(=O)c2c(C(=O)N3CC4CC4(c4cnn(CC(F)(F)F)c4)C3)cn(C)c12. The van der Waals surface area contributed by atoms with Crippen LogP contribution in [0.3, 0.4) is 0 Å². The largest absolute Gasteiger partial charge is 0.408 e. The van der Waals surface area contributed by atoms with Crippen LogP contribution in [0.5, 0.6) is 0 Å². The highest BCUT2D eigenvalue weighted by Gasteiger charge is 2.62. The summed E-state index contributed by atoms with van der Waals surface area (Å²) in [7, 11) is 3.47. The topological polar surface area (TPSA) is 65.1 Å². The van der Waals surface area contributed by atoms with Gasteiger partial charge in [0.05, 0.1) is 22.7 Å². The molecule has 1 aliphatic carbocycles. The lowest BCUT2D eigenvalue weighted by atomic mass is 9.98. The Kier molecular flexibility index (Phi) is 4.00. The molecule has 1 aliphatic heterocycles. The van der Waals surface area contributed by atoms with Gasteiger partial charge in [0.2, 0.25) is 0 Å². The first kappa shape index (κ1) is 19.9. The summed E-state index contributed by atoms with van der Waals surface area (Å²) in [6, 6.07) is 0. The molecule has 2 fully saturated rings. The number of pyridine rings is 1. The number of nitrogens with zero attached hydrogens (tertiary/aromatic N) is 5. The van der Waals surface area contributed by atoms with Crippen LogP contribution in [0.25, 0.3) is 10.9 Å². The second kappa shape index (κ2) is 6.24. The lowest BCUT2D eigenvalue weighted by Crippen LogP contribution is -2.33. The second-order valence-electron chi connectivity index (χ2n) is 8.89. The molecule has 2 atom stereocenters. The lowest BCUT2D eigenvalue weighted by molar-refractivity contribution is -0.142. The minimum atomic E-state index is -4.33. The van der Waals surface area contributed by atoms with Gasteiger partial charge in [-0.3, -0.25) is 14.3 Å². The van der Waals surface area contributed by atoms with E-state index in [0.717, 1.165) is 27.7 Å². The van der Waals surface area contributed by atoms with E-state index < -0.39 is 12.7 Å². The van der Waals surface area contributed by atoms with Crippen LogP contribution in [-0.4, -0.2) is 49.0 Å². The third kappa shape index (κ3) is 2.99. The van der Waals surface area contributed by atoms with Gasteiger partial charge >= 0.3 is 6.18 Å². The molecule has 2 aliphatic rings. The fourth-order valence-electron chi connectivity index (χ4n) is 5.21. The van der Waals surface area contributed by atoms with E-state index in [1.807, 2.05) is 14.0 Å². The van der Waals surface area contributed by atoms with Crippen molar-refractivity contribution in [2.45, 2.75) is 31.5 Å². The van der Waals surface area contributed by atoms with Crippen molar-refractivity contribution in [3.63, 3.8) is 0 Å². The Morgan fingerprint density at radius 2 is 1.97 bits per heavy atom. The standard InChI is InChI=1S/C21H22F3N5O2/c1-12-6-27(3)19(31)16-15(9-26(2)17(12)16)18(30)28-7-13-4-20(13,10-28)14-5-25-29(8-14)11-21(22,23)24/h5-6,8-9,13H,4,7,10-11H2,1-3H3. The van der Waals surface area contributed by atoms with Crippen LogP contribution in [0, 0.1) is 12.8 Å². The van der Waals surface area contributed by atoms with Gasteiger partial charge in [-0.15, -0.1) is 0 Å². The number of fused-ring (bicyclic) bond motifs is 2. The van der Waals surface area contributed by atoms with E-state index in [-0.39, 0.29) is 22.8 Å². The van der Waals surface area contributed by atoms with Crippen molar-refractivity contribution < 1.29 is 18.0 Å². The summed E-state index contributed by atoms with van der Waals surface area (Å²) in [4.78, 5) is 27.9. The van der Waals surface area contributed by atoms with E-state index in [1.54, 1.807) is 28.9 Å². The van der Waals surface area contributed by atoms with Gasteiger partial charge in [-0.05, 0) is 30.4 Å². The van der Waals surface area contributed by atoms with Gasteiger partial charge in [0, 0.05) is 51.2 Å². The Hall–Kier alpha value is -3.04. The van der Waals surface area contributed by atoms with E-state index >= 15 is 0 Å². The van der Waals surface area contributed by atoms with Crippen LogP contribution in [0.15, 0.2) is 29.6 Å². The minimum absolute atomic E-state index is 0.194. The normalized spacial score (nSPS) is 22.9. The van der Waals surface area contributed by atoms with Gasteiger partial charge in [0.15, 0.2) is 0 Å². The van der Waals surface area contributed by atoms with Crippen LogP contribution in [0.4, 0.5) is 13.2 Å². The smallest absolute Gasteiger partial charge is 0.349 e. The average molecular weight is 433 g/mol. The van der Waals surface area contributed by atoms with Crippen molar-refractivity contribution >= 4 is 16.8 Å². The number of carbonyl (C=O) groups excluding carboxylic acids is 1. The highest BCUT2D eigenvalue weighted by atomic mass is 19.4. The zero-order chi connectivity index (χ0) is 22.3. The Bertz CT molecular complexity index is 1280. The first-order chi connectivity index (χ1) is 14.5. The summed E-state index contributed by atoms with van der Waals surface area (Å²) in [6.45, 7) is 1.70. The van der Waals surface area contributed by atoms with Crippen molar-refractivity contribution in [3.8, 4) is 0 Å². The number of aromatic nitrogens is 4. The molecule has 164 valence electrons. The molecule has 2 unspecified atom stereocenters. The zero-order valence-electron chi connectivity index (χ0n) is 17.4. The number of halogens is 3. The predicted octanol–water partition coefficient (Wildman–Crippen LogP) is 2.36. The average Bonchev–Trinajstić information content (AvgIpc) is 3.04. The predicted molar refractivity (Wildman–Crippen MR) is 107 cm³/mol. The number of rotatable bonds is 3. The first-order valence-electron chi connectivity index (χ1n) is 10.0. The van der Waals surface area contributed by atoms with Crippen molar-refractivity contribution in [1.82, 2.24) is 23.8 Å². The lowest BCUT2D eigenvalue weighted by Gasteiger charge is -2.20. The molecule has 0 aromatic carbocycles. The molecular formula is C21H22F3N5O2. The molecule has 4 heterocycles. The van der Waals surface area contributed by atoms with E-state index in [4.69, 9.17) is 0 Å². The van der Waals surface area contributed by atoms with E-state index in [0.29, 0.717) is 24.0 Å². The molecular weight excluding hydrogens is 411 g/mol. The molecule has 1 saturated carbocycles. The quantitative estimate of drug-likeness (QED) is 0.637. The van der Waals surface area contributed by atoms with Crippen molar-refractivity contribution in [2.75, 3.05) is 13.1 Å². The number of likely N-dealkylation sites (tertiary alicyclic amines) is 1. The fraction of sp³-hybridized carbons (Fsp3) is 0.476. The first-order valence-corrected chi connectivity index (χ1v) is 10.0. The van der Waals surface area contributed by atoms with Crippen molar-refractivity contribution in [3.05, 3.63) is 51.8 Å². The summed E-state index contributed by atoms with van der Waals surface area (Å²) in [6.07, 6.45) is 2.86. The maximum absolute atomic E-state index is 13.4. The molecule has 0 spiro atoms. The van der Waals surface area contributed by atoms with Crippen LogP contribution in [0.2, 0.25) is 0 Å². The molecule has 3 aromatic rings. The van der Waals surface area contributed by atoms with Crippen LogP contribution < -0.4 is 5.56 Å². The van der Waals surface area contributed by atoms with E-state index in [9.17, 15) is 22.8 Å². The van der Waals surface area contributed by atoms with Gasteiger partial charge in [-0.25, -0.2) is 0 Å². The monoisotopic (exact) mass is 433 g/mol. The maximum Gasteiger partial charge on any atom is 0.408 e. The van der Waals surface area contributed by atoms with Gasteiger partial charge in [0.1, 0.15) is 6.54 Å². The summed E-state index contributed by atoms with van der Waals surface area (Å²) in [5.74, 6) is -0.0258. The molecule has 7 nitrogen and oxygen atoms in total. The van der Waals surface area contributed by atoms with Gasteiger partial charge < -0.3 is 14.0 Å². The Morgan fingerprint density at radius 3 is 2.68 bits per heavy atom. The summed E-state index contributed by atoms with van der Waals surface area (Å²) in [5.41, 5.74) is 2.17. The molecule has 0 bridgehead atoms. The van der Waals surface area contributed by atoms with Crippen LogP contribution in [0.1, 0.15) is 27.9 Å². The molecule has 1 saturated heterocycles. The van der Waals surface area contributed by atoms with Crippen molar-refractivity contribution in [1.29, 1.82) is 0 Å². The van der Waals surface area contributed by atoms with Crippen LogP contribution >= 0.6 is 0 Å². The highest BCUT2D eigenvalue weighted by molar-refractivity contribution is 6.07. The number of carbonyl (C=O) groups is 1. The van der Waals surface area contributed by atoms with Gasteiger partial charge in [0.25, 0.3) is 11.5 Å². The molecule has 3 aromatic heterocycles. The number of amides is 1. The number of hydrogen-bond donors (Lipinski definition) is 0. The number of piperidine rings is 1. The van der Waals surface area contributed by atoms with E-state index in [1.165, 1.54) is 17.0 Å². The summed E-state index contributed by atoms with van der Waals surface area (Å²) < 4.78 is 42.2. The number of hydrogen-bond acceptors (Lipinski definition) is 3. The third-order valence-corrected chi connectivity index (χ3v) is 6.69. The van der Waals surface area contributed by atoms with Gasteiger partial charge in [-0.2, -0.15) is 18.3 Å². The highest BCUT2D eigenvalue weighted by Crippen LogP contribution is 2.59. The Labute approximate surface area is 175 Å². The molecule has 0 radical (unpaired) electrons. The van der Waals surface area contributed by atoms with Gasteiger partial charge in [-0.1, -0.05) is 0 Å².